The Labute approximate surface area is 178 Å². The van der Waals surface area contributed by atoms with E-state index in [-0.39, 0.29) is 15.5 Å². The molecule has 1 amide bonds. The van der Waals surface area contributed by atoms with Gasteiger partial charge in [0, 0.05) is 30.2 Å². The minimum atomic E-state index is -3.42. The summed E-state index contributed by atoms with van der Waals surface area (Å²) in [4.78, 5) is 17.0. The van der Waals surface area contributed by atoms with Gasteiger partial charge in [-0.25, -0.2) is 8.42 Å². The number of nitrogens with two attached hydrogens (primary N) is 1. The molecule has 0 unspecified atom stereocenters. The topological polar surface area (TPSA) is 102 Å². The molecule has 3 rings (SSSR count). The van der Waals surface area contributed by atoms with Crippen LogP contribution in [0.3, 0.4) is 0 Å². The van der Waals surface area contributed by atoms with E-state index in [2.05, 4.69) is 10.3 Å². The first-order valence-electron chi connectivity index (χ1n) is 8.45. The van der Waals surface area contributed by atoms with E-state index >= 15 is 0 Å². The fourth-order valence-electron chi connectivity index (χ4n) is 2.61. The number of nitrogens with one attached hydrogen (secondary N) is 1. The molecule has 1 aromatic heterocycles. The molecule has 0 aliphatic carbocycles. The summed E-state index contributed by atoms with van der Waals surface area (Å²) >= 11 is 12.4. The van der Waals surface area contributed by atoms with Gasteiger partial charge in [-0.05, 0) is 48.0 Å². The molecule has 0 radical (unpaired) electrons. The summed E-state index contributed by atoms with van der Waals surface area (Å²) in [5.41, 5.74) is 8.41. The first-order valence-corrected chi connectivity index (χ1v) is 11.1. The number of halogens is 2. The Hall–Kier alpha value is -2.45. The molecule has 0 fully saturated rings. The Bertz CT molecular complexity index is 1180. The van der Waals surface area contributed by atoms with Gasteiger partial charge in [-0.1, -0.05) is 29.3 Å². The van der Waals surface area contributed by atoms with Gasteiger partial charge in [0.1, 0.15) is 0 Å². The predicted octanol–water partition coefficient (Wildman–Crippen LogP) is 4.17. The van der Waals surface area contributed by atoms with Gasteiger partial charge in [0.25, 0.3) is 5.91 Å². The van der Waals surface area contributed by atoms with Gasteiger partial charge in [0.15, 0.2) is 9.84 Å². The normalized spacial score (nSPS) is 11.3. The highest BCUT2D eigenvalue weighted by Gasteiger charge is 2.16. The van der Waals surface area contributed by atoms with Crippen molar-refractivity contribution in [1.29, 1.82) is 0 Å². The van der Waals surface area contributed by atoms with Gasteiger partial charge < -0.3 is 11.1 Å². The fourth-order valence-corrected chi connectivity index (χ4v) is 3.81. The number of nitrogens with zero attached hydrogens (tertiary/aromatic N) is 1. The second kappa shape index (κ2) is 8.51. The van der Waals surface area contributed by atoms with E-state index in [4.69, 9.17) is 28.9 Å². The van der Waals surface area contributed by atoms with Gasteiger partial charge in [0.2, 0.25) is 0 Å². The van der Waals surface area contributed by atoms with Crippen LogP contribution in [0.1, 0.15) is 15.9 Å². The van der Waals surface area contributed by atoms with E-state index in [0.29, 0.717) is 28.5 Å². The van der Waals surface area contributed by atoms with Crippen LogP contribution in [0.5, 0.6) is 0 Å². The summed E-state index contributed by atoms with van der Waals surface area (Å²) in [6, 6.07) is 12.6. The zero-order chi connectivity index (χ0) is 21.2. The lowest BCUT2D eigenvalue weighted by molar-refractivity contribution is 0.102. The maximum atomic E-state index is 12.6. The summed E-state index contributed by atoms with van der Waals surface area (Å²) in [6.45, 7) is 0.385. The van der Waals surface area contributed by atoms with Crippen LogP contribution in [0.2, 0.25) is 10.0 Å². The predicted molar refractivity (Wildman–Crippen MR) is 115 cm³/mol. The van der Waals surface area contributed by atoms with Crippen molar-refractivity contribution < 1.29 is 13.2 Å². The van der Waals surface area contributed by atoms with E-state index in [9.17, 15) is 13.2 Å². The van der Waals surface area contributed by atoms with Gasteiger partial charge in [-0.2, -0.15) is 0 Å². The molecule has 9 heteroatoms. The second-order valence-corrected chi connectivity index (χ2v) is 9.15. The number of hydrogen-bond acceptors (Lipinski definition) is 5. The molecule has 0 bridgehead atoms. The standard InChI is InChI=1S/C20H17Cl2N3O3S/c1-29(27,28)14-4-5-15(18(22)9-14)20(26)25-13-3-6-17(21)16(8-13)19-7-2-12(10-23)11-24-19/h2-9,11H,10,23H2,1H3,(H,25,26). The van der Waals surface area contributed by atoms with Crippen molar-refractivity contribution in [3.8, 4) is 11.3 Å². The first-order chi connectivity index (χ1) is 13.7. The summed E-state index contributed by atoms with van der Waals surface area (Å²) in [7, 11) is -3.42. The molecule has 3 aromatic rings. The van der Waals surface area contributed by atoms with Crippen molar-refractivity contribution in [1.82, 2.24) is 4.98 Å². The lowest BCUT2D eigenvalue weighted by Gasteiger charge is -2.11. The Kier molecular flexibility index (Phi) is 6.24. The number of benzene rings is 2. The van der Waals surface area contributed by atoms with E-state index in [1.807, 2.05) is 6.07 Å². The highest BCUT2D eigenvalue weighted by molar-refractivity contribution is 7.90. The lowest BCUT2D eigenvalue weighted by atomic mass is 10.1. The Morgan fingerprint density at radius 3 is 2.41 bits per heavy atom. The quantitative estimate of drug-likeness (QED) is 0.608. The van der Waals surface area contributed by atoms with Crippen LogP contribution in [0, 0.1) is 0 Å². The van der Waals surface area contributed by atoms with Gasteiger partial charge in [-0.15, -0.1) is 0 Å². The number of amides is 1. The zero-order valence-electron chi connectivity index (χ0n) is 15.3. The van der Waals surface area contributed by atoms with Crippen molar-refractivity contribution in [3.05, 3.63) is 75.9 Å². The van der Waals surface area contributed by atoms with Crippen LogP contribution in [0.4, 0.5) is 5.69 Å². The average molecular weight is 450 g/mol. The number of carbonyl (C=O) groups excluding carboxylic acids is 1. The average Bonchev–Trinajstić information content (AvgIpc) is 2.68. The van der Waals surface area contributed by atoms with E-state index in [0.717, 1.165) is 11.8 Å². The summed E-state index contributed by atoms with van der Waals surface area (Å²) in [6.07, 6.45) is 2.74. The van der Waals surface area contributed by atoms with Gasteiger partial charge >= 0.3 is 0 Å². The summed E-state index contributed by atoms with van der Waals surface area (Å²) < 4.78 is 23.2. The molecule has 0 atom stereocenters. The highest BCUT2D eigenvalue weighted by atomic mass is 35.5. The Morgan fingerprint density at radius 2 is 1.83 bits per heavy atom. The SMILES string of the molecule is CS(=O)(=O)c1ccc(C(=O)Nc2ccc(Cl)c(-c3ccc(CN)cn3)c2)c(Cl)c1. The minimum Gasteiger partial charge on any atom is -0.326 e. The van der Waals surface area contributed by atoms with Crippen LogP contribution in [0.25, 0.3) is 11.3 Å². The number of pyridine rings is 1. The molecule has 3 N–H and O–H groups in total. The third-order valence-corrected chi connectivity index (χ3v) is 5.93. The van der Waals surface area contributed by atoms with Crippen LogP contribution >= 0.6 is 23.2 Å². The number of carbonyl (C=O) groups is 1. The highest BCUT2D eigenvalue weighted by Crippen LogP contribution is 2.30. The van der Waals surface area contributed by atoms with Crippen LogP contribution in [-0.4, -0.2) is 25.6 Å². The molecular formula is C20H17Cl2N3O3S. The molecule has 0 saturated carbocycles. The number of rotatable bonds is 5. The third-order valence-electron chi connectivity index (χ3n) is 4.17. The zero-order valence-corrected chi connectivity index (χ0v) is 17.6. The van der Waals surface area contributed by atoms with Crippen LogP contribution in [-0.2, 0) is 16.4 Å². The summed E-state index contributed by atoms with van der Waals surface area (Å²) in [5, 5.41) is 3.26. The van der Waals surface area contributed by atoms with E-state index < -0.39 is 15.7 Å². The smallest absolute Gasteiger partial charge is 0.257 e. The van der Waals surface area contributed by atoms with E-state index in [1.54, 1.807) is 30.5 Å². The molecule has 0 aliphatic rings. The number of sulfone groups is 1. The molecule has 0 saturated heterocycles. The molecule has 6 nitrogen and oxygen atoms in total. The van der Waals surface area contributed by atoms with Crippen molar-refractivity contribution in [2.45, 2.75) is 11.4 Å². The first kappa shape index (κ1) is 21.3. The summed E-state index contributed by atoms with van der Waals surface area (Å²) in [5.74, 6) is -0.477. The van der Waals surface area contributed by atoms with Crippen LogP contribution < -0.4 is 11.1 Å². The maximum absolute atomic E-state index is 12.6. The second-order valence-electron chi connectivity index (χ2n) is 6.32. The number of aromatic nitrogens is 1. The Balaban J connectivity index is 1.88. The van der Waals surface area contributed by atoms with E-state index in [1.165, 1.54) is 18.2 Å². The molecule has 2 aromatic carbocycles. The maximum Gasteiger partial charge on any atom is 0.257 e. The Morgan fingerprint density at radius 1 is 1.07 bits per heavy atom. The van der Waals surface area contributed by atoms with Crippen molar-refractivity contribution in [3.63, 3.8) is 0 Å². The largest absolute Gasteiger partial charge is 0.326 e. The number of hydrogen-bond donors (Lipinski definition) is 2. The molecule has 0 aliphatic heterocycles. The third kappa shape index (κ3) is 4.94. The van der Waals surface area contributed by atoms with Crippen molar-refractivity contribution in [2.75, 3.05) is 11.6 Å². The molecular weight excluding hydrogens is 433 g/mol. The van der Waals surface area contributed by atoms with Gasteiger partial charge in [-0.3, -0.25) is 9.78 Å². The monoisotopic (exact) mass is 449 g/mol. The molecule has 1 heterocycles. The molecule has 0 spiro atoms. The minimum absolute atomic E-state index is 0.0404. The van der Waals surface area contributed by atoms with Gasteiger partial charge in [0.05, 0.1) is 26.2 Å². The van der Waals surface area contributed by atoms with Crippen molar-refractivity contribution >= 4 is 44.6 Å². The fraction of sp³-hybridized carbons (Fsp3) is 0.100. The molecule has 150 valence electrons. The van der Waals surface area contributed by atoms with Crippen molar-refractivity contribution in [2.24, 2.45) is 5.73 Å². The molecule has 29 heavy (non-hydrogen) atoms. The lowest BCUT2D eigenvalue weighted by Crippen LogP contribution is -2.13. The number of anilines is 1. The van der Waals surface area contributed by atoms with Crippen LogP contribution in [0.15, 0.2) is 59.6 Å².